The summed E-state index contributed by atoms with van der Waals surface area (Å²) in [5, 5.41) is 13.3. The third kappa shape index (κ3) is 4.76. The smallest absolute Gasteiger partial charge is 0.279 e. The number of phenols is 1. The minimum absolute atomic E-state index is 0.0108. The van der Waals surface area contributed by atoms with Gasteiger partial charge in [-0.3, -0.25) is 9.59 Å². The Bertz CT molecular complexity index is 1010. The largest absolute Gasteiger partial charge is 0.503 e. The summed E-state index contributed by atoms with van der Waals surface area (Å²) in [7, 11) is 0. The van der Waals surface area contributed by atoms with Crippen LogP contribution in [-0.4, -0.2) is 28.7 Å². The topological polar surface area (TPSA) is 88.0 Å². The molecule has 3 rings (SSSR count). The zero-order chi connectivity index (χ0) is 20.3. The average Bonchev–Trinajstić information content (AvgIpc) is 2.99. The molecule has 2 aromatic rings. The van der Waals surface area contributed by atoms with Crippen molar-refractivity contribution in [1.29, 1.82) is 0 Å². The number of amides is 2. The quantitative estimate of drug-likeness (QED) is 0.623. The Labute approximate surface area is 178 Å². The highest BCUT2D eigenvalue weighted by Gasteiger charge is 2.25. The van der Waals surface area contributed by atoms with Crippen LogP contribution in [0.1, 0.15) is 22.8 Å². The molecule has 1 heterocycles. The van der Waals surface area contributed by atoms with E-state index < -0.39 is 5.91 Å². The third-order valence-electron chi connectivity index (χ3n) is 3.59. The van der Waals surface area contributed by atoms with Gasteiger partial charge in [0.1, 0.15) is 0 Å². The van der Waals surface area contributed by atoms with E-state index in [0.29, 0.717) is 37.9 Å². The molecule has 1 aliphatic rings. The number of phenolic OH excluding ortho intramolecular Hbond substituents is 1. The van der Waals surface area contributed by atoms with Crippen molar-refractivity contribution in [2.75, 3.05) is 6.61 Å². The molecule has 0 atom stereocenters. The molecule has 0 aromatic heterocycles. The van der Waals surface area contributed by atoms with Crippen LogP contribution in [0.2, 0.25) is 5.02 Å². The Hall–Kier alpha value is -2.29. The van der Waals surface area contributed by atoms with Gasteiger partial charge in [0, 0.05) is 10.6 Å². The van der Waals surface area contributed by atoms with E-state index in [2.05, 4.69) is 26.2 Å². The molecule has 0 saturated carbocycles. The first-order valence-electron chi connectivity index (χ1n) is 8.12. The lowest BCUT2D eigenvalue weighted by Crippen LogP contribution is -2.20. The van der Waals surface area contributed by atoms with Crippen molar-refractivity contribution in [2.45, 2.75) is 6.92 Å². The number of aliphatic imine (C=N–C) groups is 1. The van der Waals surface area contributed by atoms with Crippen molar-refractivity contribution in [1.82, 2.24) is 5.32 Å². The second-order valence-corrected chi connectivity index (χ2v) is 7.90. The first kappa shape index (κ1) is 20.4. The van der Waals surface area contributed by atoms with Gasteiger partial charge in [0.2, 0.25) is 0 Å². The lowest BCUT2D eigenvalue weighted by Gasteiger charge is -2.08. The van der Waals surface area contributed by atoms with Crippen LogP contribution in [0.25, 0.3) is 6.08 Å². The van der Waals surface area contributed by atoms with Gasteiger partial charge in [-0.05, 0) is 82.7 Å². The Morgan fingerprint density at radius 3 is 2.75 bits per heavy atom. The maximum absolute atomic E-state index is 12.2. The normalized spacial score (nSPS) is 16.5. The molecule has 0 aliphatic carbocycles. The predicted molar refractivity (Wildman–Crippen MR) is 114 cm³/mol. The van der Waals surface area contributed by atoms with Gasteiger partial charge >= 0.3 is 0 Å². The molecular weight excluding hydrogens is 468 g/mol. The highest BCUT2D eigenvalue weighted by molar-refractivity contribution is 9.10. The summed E-state index contributed by atoms with van der Waals surface area (Å²) in [6, 6.07) is 9.61. The van der Waals surface area contributed by atoms with Crippen molar-refractivity contribution >= 4 is 62.4 Å². The number of nitrogens with one attached hydrogen (secondary N) is 1. The van der Waals surface area contributed by atoms with E-state index in [1.165, 1.54) is 0 Å². The number of nitrogens with zero attached hydrogens (tertiary/aromatic N) is 1. The van der Waals surface area contributed by atoms with Crippen LogP contribution in [0.5, 0.6) is 11.5 Å². The number of aromatic hydroxyl groups is 1. The van der Waals surface area contributed by atoms with Gasteiger partial charge in [-0.1, -0.05) is 11.6 Å². The zero-order valence-corrected chi connectivity index (χ0v) is 17.7. The van der Waals surface area contributed by atoms with Crippen LogP contribution in [-0.2, 0) is 4.79 Å². The van der Waals surface area contributed by atoms with E-state index in [9.17, 15) is 14.7 Å². The molecule has 9 heteroatoms. The van der Waals surface area contributed by atoms with Crippen molar-refractivity contribution in [3.63, 3.8) is 0 Å². The summed E-state index contributed by atoms with van der Waals surface area (Å²) in [6.07, 6.45) is 1.63. The second kappa shape index (κ2) is 8.81. The molecule has 2 amide bonds. The van der Waals surface area contributed by atoms with Crippen LogP contribution >= 0.6 is 39.3 Å². The van der Waals surface area contributed by atoms with Gasteiger partial charge in [-0.25, -0.2) is 0 Å². The number of carbonyl (C=O) groups is 2. The first-order chi connectivity index (χ1) is 13.4. The summed E-state index contributed by atoms with van der Waals surface area (Å²) in [5.74, 6) is -0.552. The monoisotopic (exact) mass is 480 g/mol. The molecule has 1 fully saturated rings. The number of ether oxygens (including phenoxy) is 1. The zero-order valence-electron chi connectivity index (χ0n) is 14.5. The maximum atomic E-state index is 12.2. The maximum Gasteiger partial charge on any atom is 0.279 e. The Morgan fingerprint density at radius 1 is 1.36 bits per heavy atom. The number of amidine groups is 1. The van der Waals surface area contributed by atoms with E-state index in [-0.39, 0.29) is 16.8 Å². The van der Waals surface area contributed by atoms with Gasteiger partial charge < -0.3 is 15.2 Å². The molecule has 1 aliphatic heterocycles. The summed E-state index contributed by atoms with van der Waals surface area (Å²) >= 11 is 10.1. The minimum Gasteiger partial charge on any atom is -0.503 e. The van der Waals surface area contributed by atoms with Gasteiger partial charge in [-0.2, -0.15) is 4.99 Å². The molecule has 0 radical (unpaired) electrons. The minimum atomic E-state index is -0.480. The van der Waals surface area contributed by atoms with Crippen molar-refractivity contribution in [3.8, 4) is 11.5 Å². The van der Waals surface area contributed by atoms with Gasteiger partial charge in [-0.15, -0.1) is 0 Å². The number of rotatable bonds is 4. The highest BCUT2D eigenvalue weighted by atomic mass is 79.9. The SMILES string of the molecule is CCOc1cc(/C=C2\SC(=NC(=O)c3ccc(Cl)cc3)NC2=O)cc(Br)c1O. The standard InChI is InChI=1S/C19H14BrClN2O4S/c1-2-27-14-8-10(7-13(20)16(14)24)9-15-18(26)23-19(28-15)22-17(25)11-3-5-12(21)6-4-11/h3-9,24H,2H2,1H3,(H,22,23,25,26)/b15-9-. The van der Waals surface area contributed by atoms with Crippen molar-refractivity contribution in [3.05, 3.63) is 61.9 Å². The van der Waals surface area contributed by atoms with Crippen LogP contribution < -0.4 is 10.1 Å². The van der Waals surface area contributed by atoms with E-state index in [4.69, 9.17) is 16.3 Å². The lowest BCUT2D eigenvalue weighted by molar-refractivity contribution is -0.115. The van der Waals surface area contributed by atoms with Gasteiger partial charge in [0.05, 0.1) is 16.0 Å². The number of thioether (sulfide) groups is 1. The fraction of sp³-hybridized carbons (Fsp3) is 0.105. The predicted octanol–water partition coefficient (Wildman–Crippen LogP) is 4.61. The molecule has 2 aromatic carbocycles. The average molecular weight is 482 g/mol. The van der Waals surface area contributed by atoms with Crippen LogP contribution in [0, 0.1) is 0 Å². The Morgan fingerprint density at radius 2 is 2.07 bits per heavy atom. The van der Waals surface area contributed by atoms with E-state index in [1.807, 2.05) is 0 Å². The molecule has 2 N–H and O–H groups in total. The first-order valence-corrected chi connectivity index (χ1v) is 10.1. The Kier molecular flexibility index (Phi) is 6.43. The molecule has 0 bridgehead atoms. The summed E-state index contributed by atoms with van der Waals surface area (Å²) in [6.45, 7) is 2.19. The fourth-order valence-corrected chi connectivity index (χ4v) is 3.73. The van der Waals surface area contributed by atoms with Crippen LogP contribution in [0.3, 0.4) is 0 Å². The molecular formula is C19H14BrClN2O4S. The number of hydrogen-bond acceptors (Lipinski definition) is 5. The fourth-order valence-electron chi connectivity index (χ4n) is 2.32. The lowest BCUT2D eigenvalue weighted by atomic mass is 10.2. The number of halogens is 2. The number of hydrogen-bond donors (Lipinski definition) is 2. The molecule has 0 spiro atoms. The highest BCUT2D eigenvalue weighted by Crippen LogP contribution is 2.37. The second-order valence-electron chi connectivity index (χ2n) is 5.58. The molecule has 144 valence electrons. The summed E-state index contributed by atoms with van der Waals surface area (Å²) < 4.78 is 5.83. The third-order valence-corrected chi connectivity index (χ3v) is 5.36. The number of carbonyl (C=O) groups excluding carboxylic acids is 2. The van der Waals surface area contributed by atoms with E-state index in [1.54, 1.807) is 49.4 Å². The molecule has 6 nitrogen and oxygen atoms in total. The van der Waals surface area contributed by atoms with E-state index in [0.717, 1.165) is 11.8 Å². The van der Waals surface area contributed by atoms with Crippen LogP contribution in [0.4, 0.5) is 0 Å². The molecule has 1 saturated heterocycles. The molecule has 0 unspecified atom stereocenters. The van der Waals surface area contributed by atoms with Crippen LogP contribution in [0.15, 0.2) is 50.8 Å². The number of benzene rings is 2. The van der Waals surface area contributed by atoms with E-state index >= 15 is 0 Å². The Balaban J connectivity index is 1.82. The van der Waals surface area contributed by atoms with Gasteiger partial charge in [0.25, 0.3) is 11.8 Å². The van der Waals surface area contributed by atoms with Crippen molar-refractivity contribution in [2.24, 2.45) is 4.99 Å². The van der Waals surface area contributed by atoms with Gasteiger partial charge in [0.15, 0.2) is 16.7 Å². The summed E-state index contributed by atoms with van der Waals surface area (Å²) in [4.78, 5) is 28.7. The van der Waals surface area contributed by atoms with Crippen molar-refractivity contribution < 1.29 is 19.4 Å². The molecule has 28 heavy (non-hydrogen) atoms. The summed E-state index contributed by atoms with van der Waals surface area (Å²) in [5.41, 5.74) is 1.02.